The fourth-order valence-corrected chi connectivity index (χ4v) is 3.32. The molecule has 1 amide bonds. The minimum atomic E-state index is -0.459. The molecule has 0 aliphatic carbocycles. The van der Waals surface area contributed by atoms with Gasteiger partial charge in [0.2, 0.25) is 5.91 Å². The summed E-state index contributed by atoms with van der Waals surface area (Å²) in [6.45, 7) is 0.289. The largest absolute Gasteiger partial charge is 0.494 e. The standard InChI is InChI=1S/C21H19Cl2FN2O3/c1-26(12-13-3-6-18(28-2)17(24)9-13)21(27)8-7-20-25-11-19(29-20)15-5-4-14(22)10-16(15)23/h3-6,9-11H,7-8,12H2,1-2H3. The summed E-state index contributed by atoms with van der Waals surface area (Å²) in [6, 6.07) is 9.72. The summed E-state index contributed by atoms with van der Waals surface area (Å²) in [4.78, 5) is 18.1. The van der Waals surface area contributed by atoms with Gasteiger partial charge in [-0.25, -0.2) is 9.37 Å². The Hall–Kier alpha value is -2.57. The molecule has 5 nitrogen and oxygen atoms in total. The van der Waals surface area contributed by atoms with E-state index in [1.54, 1.807) is 43.6 Å². The summed E-state index contributed by atoms with van der Waals surface area (Å²) in [6.07, 6.45) is 2.12. The Bertz CT molecular complexity index is 1020. The molecule has 0 fully saturated rings. The Morgan fingerprint density at radius 1 is 1.24 bits per heavy atom. The van der Waals surface area contributed by atoms with Gasteiger partial charge in [-0.05, 0) is 35.9 Å². The van der Waals surface area contributed by atoms with Crippen LogP contribution in [0.4, 0.5) is 4.39 Å². The molecule has 0 saturated heterocycles. The second-order valence-electron chi connectivity index (χ2n) is 6.46. The molecule has 0 spiro atoms. The molecule has 0 saturated carbocycles. The number of benzene rings is 2. The van der Waals surface area contributed by atoms with E-state index < -0.39 is 5.82 Å². The first-order chi connectivity index (χ1) is 13.9. The summed E-state index contributed by atoms with van der Waals surface area (Å²) in [5, 5.41) is 0.992. The van der Waals surface area contributed by atoms with Gasteiger partial charge < -0.3 is 14.1 Å². The highest BCUT2D eigenvalue weighted by Gasteiger charge is 2.15. The zero-order valence-corrected chi connectivity index (χ0v) is 17.4. The molecule has 3 rings (SSSR count). The summed E-state index contributed by atoms with van der Waals surface area (Å²) in [5.41, 5.74) is 1.36. The van der Waals surface area contributed by atoms with E-state index in [1.165, 1.54) is 18.1 Å². The van der Waals surface area contributed by atoms with Crippen molar-refractivity contribution in [3.63, 3.8) is 0 Å². The summed E-state index contributed by atoms with van der Waals surface area (Å²) >= 11 is 12.1. The van der Waals surface area contributed by atoms with Crippen LogP contribution in [0.15, 0.2) is 47.0 Å². The minimum Gasteiger partial charge on any atom is -0.494 e. The normalized spacial score (nSPS) is 10.8. The van der Waals surface area contributed by atoms with E-state index in [4.69, 9.17) is 32.4 Å². The highest BCUT2D eigenvalue weighted by Crippen LogP contribution is 2.31. The first kappa shape index (κ1) is 21.1. The summed E-state index contributed by atoms with van der Waals surface area (Å²) in [7, 11) is 3.07. The van der Waals surface area contributed by atoms with Gasteiger partial charge in [0.25, 0.3) is 0 Å². The Labute approximate surface area is 178 Å². The van der Waals surface area contributed by atoms with Crippen molar-refractivity contribution in [1.29, 1.82) is 0 Å². The molecule has 2 aromatic carbocycles. The first-order valence-electron chi connectivity index (χ1n) is 8.84. The smallest absolute Gasteiger partial charge is 0.223 e. The molecule has 29 heavy (non-hydrogen) atoms. The number of carbonyl (C=O) groups is 1. The van der Waals surface area contributed by atoms with Gasteiger partial charge >= 0.3 is 0 Å². The number of aryl methyl sites for hydroxylation is 1. The number of oxazole rings is 1. The van der Waals surface area contributed by atoms with Crippen LogP contribution in [-0.4, -0.2) is 29.9 Å². The van der Waals surface area contributed by atoms with Crippen LogP contribution in [-0.2, 0) is 17.8 Å². The molecule has 1 aromatic heterocycles. The Balaban J connectivity index is 1.58. The third-order valence-corrected chi connectivity index (χ3v) is 4.91. The number of methoxy groups -OCH3 is 1. The molecule has 0 bridgehead atoms. The number of carbonyl (C=O) groups excluding carboxylic acids is 1. The van der Waals surface area contributed by atoms with Gasteiger partial charge in [0.15, 0.2) is 23.2 Å². The predicted molar refractivity (Wildman–Crippen MR) is 110 cm³/mol. The molecule has 1 heterocycles. The molecule has 0 aliphatic rings. The molecular formula is C21H19Cl2FN2O3. The van der Waals surface area contributed by atoms with Gasteiger partial charge in [0, 0.05) is 37.0 Å². The van der Waals surface area contributed by atoms with Crippen LogP contribution >= 0.6 is 23.2 Å². The molecule has 0 N–H and O–H groups in total. The van der Waals surface area contributed by atoms with E-state index in [9.17, 15) is 9.18 Å². The van der Waals surface area contributed by atoms with Gasteiger partial charge in [-0.2, -0.15) is 0 Å². The van der Waals surface area contributed by atoms with Crippen LogP contribution in [0.2, 0.25) is 10.0 Å². The van der Waals surface area contributed by atoms with Gasteiger partial charge in [0.1, 0.15) is 0 Å². The Kier molecular flexibility index (Phi) is 6.77. The number of ether oxygens (including phenoxy) is 1. The number of hydrogen-bond acceptors (Lipinski definition) is 4. The fraction of sp³-hybridized carbons (Fsp3) is 0.238. The number of halogens is 3. The molecule has 8 heteroatoms. The number of rotatable bonds is 7. The van der Waals surface area contributed by atoms with Crippen LogP contribution < -0.4 is 4.74 Å². The minimum absolute atomic E-state index is 0.106. The van der Waals surface area contributed by atoms with E-state index in [-0.39, 0.29) is 24.6 Å². The molecular weight excluding hydrogens is 418 g/mol. The van der Waals surface area contributed by atoms with Gasteiger partial charge in [-0.3, -0.25) is 4.79 Å². The monoisotopic (exact) mass is 436 g/mol. The zero-order chi connectivity index (χ0) is 21.0. The maximum Gasteiger partial charge on any atom is 0.223 e. The summed E-state index contributed by atoms with van der Waals surface area (Å²) in [5.74, 6) is 0.548. The van der Waals surface area contributed by atoms with E-state index in [2.05, 4.69) is 4.98 Å². The maximum atomic E-state index is 13.8. The van der Waals surface area contributed by atoms with Crippen molar-refractivity contribution < 1.29 is 18.3 Å². The van der Waals surface area contributed by atoms with E-state index in [0.717, 1.165) is 0 Å². The lowest BCUT2D eigenvalue weighted by molar-refractivity contribution is -0.130. The molecule has 0 radical (unpaired) electrons. The van der Waals surface area contributed by atoms with E-state index in [1.807, 2.05) is 0 Å². The third-order valence-electron chi connectivity index (χ3n) is 4.36. The van der Waals surface area contributed by atoms with Gasteiger partial charge in [-0.1, -0.05) is 29.3 Å². The molecule has 0 atom stereocenters. The average Bonchev–Trinajstić information content (AvgIpc) is 3.15. The van der Waals surface area contributed by atoms with Crippen molar-refractivity contribution in [3.8, 4) is 17.1 Å². The van der Waals surface area contributed by atoms with E-state index in [0.29, 0.717) is 39.2 Å². The highest BCUT2D eigenvalue weighted by molar-refractivity contribution is 6.36. The van der Waals surface area contributed by atoms with Crippen molar-refractivity contribution in [1.82, 2.24) is 9.88 Å². The number of aromatic nitrogens is 1. The second kappa shape index (κ2) is 9.29. The molecule has 3 aromatic rings. The first-order valence-corrected chi connectivity index (χ1v) is 9.59. The van der Waals surface area contributed by atoms with Crippen LogP contribution in [0.5, 0.6) is 5.75 Å². The second-order valence-corrected chi connectivity index (χ2v) is 7.30. The highest BCUT2D eigenvalue weighted by atomic mass is 35.5. The van der Waals surface area contributed by atoms with Gasteiger partial charge in [-0.15, -0.1) is 0 Å². The third kappa shape index (κ3) is 5.28. The lowest BCUT2D eigenvalue weighted by atomic mass is 10.2. The quantitative estimate of drug-likeness (QED) is 0.498. The van der Waals surface area contributed by atoms with Crippen molar-refractivity contribution in [3.05, 3.63) is 69.9 Å². The lowest BCUT2D eigenvalue weighted by Gasteiger charge is -2.17. The topological polar surface area (TPSA) is 55.6 Å². The Morgan fingerprint density at radius 2 is 2.03 bits per heavy atom. The van der Waals surface area contributed by atoms with Crippen molar-refractivity contribution >= 4 is 29.1 Å². The Morgan fingerprint density at radius 3 is 2.72 bits per heavy atom. The zero-order valence-electron chi connectivity index (χ0n) is 15.9. The number of amides is 1. The van der Waals surface area contributed by atoms with Crippen LogP contribution in [0.3, 0.4) is 0 Å². The number of nitrogens with zero attached hydrogens (tertiary/aromatic N) is 2. The van der Waals surface area contributed by atoms with Crippen LogP contribution in [0, 0.1) is 5.82 Å². The SMILES string of the molecule is COc1ccc(CN(C)C(=O)CCc2ncc(-c3ccc(Cl)cc3Cl)o2)cc1F. The molecule has 152 valence electrons. The van der Waals surface area contributed by atoms with Crippen LogP contribution in [0.1, 0.15) is 17.9 Å². The van der Waals surface area contributed by atoms with E-state index >= 15 is 0 Å². The summed E-state index contributed by atoms with van der Waals surface area (Å²) < 4.78 is 24.4. The molecule has 0 unspecified atom stereocenters. The van der Waals surface area contributed by atoms with Crippen molar-refractivity contribution in [2.75, 3.05) is 14.2 Å². The maximum absolute atomic E-state index is 13.8. The lowest BCUT2D eigenvalue weighted by Crippen LogP contribution is -2.26. The fourth-order valence-electron chi connectivity index (χ4n) is 2.81. The average molecular weight is 437 g/mol. The predicted octanol–water partition coefficient (Wildman–Crippen LogP) is 5.39. The van der Waals surface area contributed by atoms with Crippen molar-refractivity contribution in [2.45, 2.75) is 19.4 Å². The van der Waals surface area contributed by atoms with Gasteiger partial charge in [0.05, 0.1) is 18.3 Å². The van der Waals surface area contributed by atoms with Crippen molar-refractivity contribution in [2.24, 2.45) is 0 Å². The number of hydrogen-bond donors (Lipinski definition) is 0. The van der Waals surface area contributed by atoms with Crippen LogP contribution in [0.25, 0.3) is 11.3 Å². The molecule has 0 aliphatic heterocycles.